The predicted molar refractivity (Wildman–Crippen MR) is 61.9 cm³/mol. The number of sulfonamides is 1. The Labute approximate surface area is 103 Å². The fourth-order valence-electron chi connectivity index (χ4n) is 1.90. The molecule has 0 aliphatic heterocycles. The molecule has 0 radical (unpaired) electrons. The second-order valence-electron chi connectivity index (χ2n) is 4.29. The van der Waals surface area contributed by atoms with Crippen LogP contribution in [-0.2, 0) is 17.1 Å². The van der Waals surface area contributed by atoms with E-state index in [9.17, 15) is 8.42 Å². The van der Waals surface area contributed by atoms with Crippen molar-refractivity contribution in [3.63, 3.8) is 0 Å². The SMILES string of the molecule is Cn1nccc1-c1nnc(S(N)(=O)=O)n1C1CC1. The summed E-state index contributed by atoms with van der Waals surface area (Å²) in [6.07, 6.45) is 3.44. The van der Waals surface area contributed by atoms with Crippen LogP contribution in [0.5, 0.6) is 0 Å². The zero-order chi connectivity index (χ0) is 12.9. The number of aryl methyl sites for hydroxylation is 1. The van der Waals surface area contributed by atoms with Gasteiger partial charge in [0.2, 0.25) is 0 Å². The van der Waals surface area contributed by atoms with Crippen LogP contribution in [-0.4, -0.2) is 33.0 Å². The molecule has 96 valence electrons. The minimum absolute atomic E-state index is 0.109. The van der Waals surface area contributed by atoms with Crippen LogP contribution in [0.1, 0.15) is 18.9 Å². The van der Waals surface area contributed by atoms with Gasteiger partial charge >= 0.3 is 0 Å². The Balaban J connectivity index is 2.23. The molecule has 1 saturated carbocycles. The number of aromatic nitrogens is 5. The van der Waals surface area contributed by atoms with Crippen molar-refractivity contribution in [3.8, 4) is 11.5 Å². The monoisotopic (exact) mass is 268 g/mol. The van der Waals surface area contributed by atoms with Crippen LogP contribution in [0, 0.1) is 0 Å². The van der Waals surface area contributed by atoms with Gasteiger partial charge < -0.3 is 0 Å². The first-order valence-electron chi connectivity index (χ1n) is 5.44. The standard InChI is InChI=1S/C9H12N6O2S/c1-14-7(4-5-11-14)8-12-13-9(18(10,16)17)15(8)6-2-3-6/h4-6H,2-3H2,1H3,(H2,10,16,17). The molecule has 0 spiro atoms. The molecule has 0 atom stereocenters. The number of nitrogens with two attached hydrogens (primary N) is 1. The van der Waals surface area contributed by atoms with Gasteiger partial charge in [-0.1, -0.05) is 0 Å². The maximum Gasteiger partial charge on any atom is 0.273 e. The zero-order valence-corrected chi connectivity index (χ0v) is 10.5. The summed E-state index contributed by atoms with van der Waals surface area (Å²) in [6.45, 7) is 0. The van der Waals surface area contributed by atoms with E-state index in [0.717, 1.165) is 12.8 Å². The fraction of sp³-hybridized carbons (Fsp3) is 0.444. The molecule has 2 heterocycles. The summed E-state index contributed by atoms with van der Waals surface area (Å²) in [5.74, 6) is 0.488. The van der Waals surface area contributed by atoms with Crippen molar-refractivity contribution in [2.45, 2.75) is 24.0 Å². The van der Waals surface area contributed by atoms with Crippen LogP contribution in [0.4, 0.5) is 0 Å². The van der Waals surface area contributed by atoms with E-state index in [-0.39, 0.29) is 11.2 Å². The normalized spacial score (nSPS) is 16.1. The average Bonchev–Trinajstić information content (AvgIpc) is 2.86. The average molecular weight is 268 g/mol. The Hall–Kier alpha value is -1.74. The fourth-order valence-corrected chi connectivity index (χ4v) is 2.57. The van der Waals surface area contributed by atoms with E-state index in [1.807, 2.05) is 0 Å². The van der Waals surface area contributed by atoms with Gasteiger partial charge in [0.05, 0.1) is 0 Å². The van der Waals surface area contributed by atoms with Crippen molar-refractivity contribution in [2.75, 3.05) is 0 Å². The quantitative estimate of drug-likeness (QED) is 0.819. The molecule has 2 aromatic rings. The molecule has 1 aliphatic rings. The Bertz CT molecular complexity index is 696. The van der Waals surface area contributed by atoms with Crippen molar-refractivity contribution in [1.29, 1.82) is 0 Å². The molecule has 18 heavy (non-hydrogen) atoms. The van der Waals surface area contributed by atoms with Gasteiger partial charge in [-0.2, -0.15) is 5.10 Å². The van der Waals surface area contributed by atoms with Gasteiger partial charge in [-0.3, -0.25) is 9.25 Å². The van der Waals surface area contributed by atoms with Gasteiger partial charge in [-0.25, -0.2) is 13.6 Å². The second-order valence-corrected chi connectivity index (χ2v) is 5.75. The number of rotatable bonds is 3. The summed E-state index contributed by atoms with van der Waals surface area (Å²) in [7, 11) is -2.10. The topological polar surface area (TPSA) is 109 Å². The van der Waals surface area contributed by atoms with E-state index >= 15 is 0 Å². The molecule has 2 aromatic heterocycles. The van der Waals surface area contributed by atoms with E-state index in [0.29, 0.717) is 11.5 Å². The van der Waals surface area contributed by atoms with Crippen LogP contribution in [0.2, 0.25) is 0 Å². The molecule has 2 N–H and O–H groups in total. The van der Waals surface area contributed by atoms with E-state index in [1.165, 1.54) is 0 Å². The first-order chi connectivity index (χ1) is 8.48. The molecular formula is C9H12N6O2S. The van der Waals surface area contributed by atoms with Crippen molar-refractivity contribution >= 4 is 10.0 Å². The van der Waals surface area contributed by atoms with Gasteiger partial charge in [-0.05, 0) is 18.9 Å². The highest BCUT2D eigenvalue weighted by Crippen LogP contribution is 2.39. The van der Waals surface area contributed by atoms with Crippen molar-refractivity contribution in [1.82, 2.24) is 24.5 Å². The lowest BCUT2D eigenvalue weighted by Gasteiger charge is -2.07. The Kier molecular flexibility index (Phi) is 2.29. The lowest BCUT2D eigenvalue weighted by molar-refractivity contribution is 0.566. The third kappa shape index (κ3) is 1.71. The van der Waals surface area contributed by atoms with E-state index in [1.54, 1.807) is 28.6 Å². The smallest absolute Gasteiger partial charge is 0.273 e. The maximum absolute atomic E-state index is 11.5. The largest absolute Gasteiger partial charge is 0.292 e. The Morgan fingerprint density at radius 2 is 2.11 bits per heavy atom. The van der Waals surface area contributed by atoms with Gasteiger partial charge in [0.15, 0.2) is 5.82 Å². The van der Waals surface area contributed by atoms with E-state index < -0.39 is 10.0 Å². The van der Waals surface area contributed by atoms with Crippen molar-refractivity contribution in [2.24, 2.45) is 12.2 Å². The molecular weight excluding hydrogens is 256 g/mol. The third-order valence-corrected chi connectivity index (χ3v) is 3.67. The van der Waals surface area contributed by atoms with Gasteiger partial charge in [0.1, 0.15) is 5.69 Å². The molecule has 3 rings (SSSR count). The number of primary sulfonamides is 1. The van der Waals surface area contributed by atoms with Crippen LogP contribution in [0.25, 0.3) is 11.5 Å². The van der Waals surface area contributed by atoms with Gasteiger partial charge in [-0.15, -0.1) is 10.2 Å². The lowest BCUT2D eigenvalue weighted by Crippen LogP contribution is -2.18. The molecule has 0 saturated heterocycles. The lowest BCUT2D eigenvalue weighted by atomic mass is 10.4. The Morgan fingerprint density at radius 1 is 1.39 bits per heavy atom. The molecule has 8 nitrogen and oxygen atoms in total. The summed E-state index contributed by atoms with van der Waals surface area (Å²) >= 11 is 0. The van der Waals surface area contributed by atoms with Crippen LogP contribution in [0.15, 0.2) is 17.4 Å². The van der Waals surface area contributed by atoms with Gasteiger partial charge in [0, 0.05) is 19.3 Å². The molecule has 1 fully saturated rings. The number of hydrogen-bond acceptors (Lipinski definition) is 5. The molecule has 0 bridgehead atoms. The van der Waals surface area contributed by atoms with Crippen LogP contribution in [0.3, 0.4) is 0 Å². The summed E-state index contributed by atoms with van der Waals surface area (Å²) in [5, 5.41) is 16.7. The van der Waals surface area contributed by atoms with Crippen LogP contribution >= 0.6 is 0 Å². The molecule has 0 aromatic carbocycles. The summed E-state index contributed by atoms with van der Waals surface area (Å²) < 4.78 is 26.2. The highest BCUT2D eigenvalue weighted by atomic mass is 32.2. The predicted octanol–water partition coefficient (Wildman–Crippen LogP) is -0.339. The maximum atomic E-state index is 11.5. The zero-order valence-electron chi connectivity index (χ0n) is 9.68. The summed E-state index contributed by atoms with van der Waals surface area (Å²) in [6, 6.07) is 1.87. The molecule has 1 aliphatic carbocycles. The molecule has 0 amide bonds. The number of hydrogen-bond donors (Lipinski definition) is 1. The Morgan fingerprint density at radius 3 is 2.61 bits per heavy atom. The first-order valence-corrected chi connectivity index (χ1v) is 6.99. The van der Waals surface area contributed by atoms with Crippen LogP contribution < -0.4 is 5.14 Å². The highest BCUT2D eigenvalue weighted by Gasteiger charge is 2.34. The van der Waals surface area contributed by atoms with E-state index in [4.69, 9.17) is 5.14 Å². The van der Waals surface area contributed by atoms with Gasteiger partial charge in [0.25, 0.3) is 15.2 Å². The molecule has 0 unspecified atom stereocenters. The minimum atomic E-state index is -3.86. The van der Waals surface area contributed by atoms with Crippen molar-refractivity contribution in [3.05, 3.63) is 12.3 Å². The van der Waals surface area contributed by atoms with E-state index in [2.05, 4.69) is 15.3 Å². The summed E-state index contributed by atoms with van der Waals surface area (Å²) in [5.41, 5.74) is 0.712. The van der Waals surface area contributed by atoms with Crippen molar-refractivity contribution < 1.29 is 8.42 Å². The summed E-state index contributed by atoms with van der Waals surface area (Å²) in [4.78, 5) is 0. The third-order valence-electron chi connectivity index (χ3n) is 2.88. The number of nitrogens with zero attached hydrogens (tertiary/aromatic N) is 5. The first kappa shape index (κ1) is 11.4. The molecule has 9 heteroatoms. The minimum Gasteiger partial charge on any atom is -0.292 e. The second kappa shape index (κ2) is 3.62. The highest BCUT2D eigenvalue weighted by molar-refractivity contribution is 7.89.